The van der Waals surface area contributed by atoms with Gasteiger partial charge in [0.15, 0.2) is 12.4 Å². The Hall–Kier alpha value is -2.02. The maximum atomic E-state index is 12.0. The average Bonchev–Trinajstić information content (AvgIpc) is 2.55. The van der Waals surface area contributed by atoms with Gasteiger partial charge < -0.3 is 10.1 Å². The molecule has 2 aromatic carbocycles. The van der Waals surface area contributed by atoms with Crippen molar-refractivity contribution in [3.05, 3.63) is 67.1 Å². The van der Waals surface area contributed by atoms with E-state index in [2.05, 4.69) is 5.32 Å². The third-order valence-electron chi connectivity index (χ3n) is 3.30. The normalized spacial score (nSPS) is 11.7. The van der Waals surface area contributed by atoms with E-state index in [0.717, 1.165) is 11.6 Å². The summed E-state index contributed by atoms with van der Waals surface area (Å²) in [6, 6.07) is 8.63. The van der Waals surface area contributed by atoms with Crippen LogP contribution < -0.4 is 10.1 Å². The van der Waals surface area contributed by atoms with Crippen molar-refractivity contribution in [1.29, 1.82) is 0 Å². The Bertz CT molecular complexity index is 814. The molecule has 1 unspecified atom stereocenters. The van der Waals surface area contributed by atoms with Gasteiger partial charge in [0.2, 0.25) is 0 Å². The Balaban J connectivity index is 1.99. The van der Waals surface area contributed by atoms with Gasteiger partial charge in [0, 0.05) is 11.1 Å². The quantitative estimate of drug-likeness (QED) is 0.554. The highest BCUT2D eigenvalue weighted by molar-refractivity contribution is 6.42. The Morgan fingerprint density at radius 1 is 1.20 bits per heavy atom. The van der Waals surface area contributed by atoms with Crippen LogP contribution in [0.2, 0.25) is 15.1 Å². The van der Waals surface area contributed by atoms with Crippen LogP contribution in [0.1, 0.15) is 18.5 Å². The standard InChI is InChI=1S/C16H13Cl3N2O4/c1-9(10-2-4-12(18)13(19)6-10)20-16(22)8-25-15-5-3-11(17)7-14(15)21(23)24/h2-7,9H,8H2,1H3,(H,20,22). The smallest absolute Gasteiger partial charge is 0.312 e. The molecule has 0 aromatic heterocycles. The van der Waals surface area contributed by atoms with Crippen molar-refractivity contribution in [3.8, 4) is 5.75 Å². The first-order valence-corrected chi connectivity index (χ1v) is 8.22. The van der Waals surface area contributed by atoms with Crippen LogP contribution in [0.4, 0.5) is 5.69 Å². The molecule has 0 aliphatic heterocycles. The van der Waals surface area contributed by atoms with E-state index in [1.165, 1.54) is 12.1 Å². The molecule has 1 amide bonds. The number of nitrogens with one attached hydrogen (secondary N) is 1. The zero-order valence-corrected chi connectivity index (χ0v) is 15.2. The largest absolute Gasteiger partial charge is 0.477 e. The first kappa shape index (κ1) is 19.3. The Morgan fingerprint density at radius 2 is 1.92 bits per heavy atom. The number of hydrogen-bond acceptors (Lipinski definition) is 4. The minimum absolute atomic E-state index is 0.0354. The summed E-state index contributed by atoms with van der Waals surface area (Å²) in [5.41, 5.74) is 0.457. The SMILES string of the molecule is CC(NC(=O)COc1ccc(Cl)cc1[N+](=O)[O-])c1ccc(Cl)c(Cl)c1. The highest BCUT2D eigenvalue weighted by Gasteiger charge is 2.18. The summed E-state index contributed by atoms with van der Waals surface area (Å²) in [6.07, 6.45) is 0. The fourth-order valence-corrected chi connectivity index (χ4v) is 2.52. The van der Waals surface area contributed by atoms with Crippen molar-refractivity contribution in [2.24, 2.45) is 0 Å². The Morgan fingerprint density at radius 3 is 2.56 bits per heavy atom. The van der Waals surface area contributed by atoms with Crippen LogP contribution in [-0.4, -0.2) is 17.4 Å². The van der Waals surface area contributed by atoms with Crippen LogP contribution in [0.25, 0.3) is 0 Å². The molecule has 2 aromatic rings. The molecule has 0 fully saturated rings. The number of rotatable bonds is 6. The second kappa shape index (κ2) is 8.38. The first-order valence-electron chi connectivity index (χ1n) is 7.09. The highest BCUT2D eigenvalue weighted by Crippen LogP contribution is 2.30. The van der Waals surface area contributed by atoms with Crippen LogP contribution in [0, 0.1) is 10.1 Å². The zero-order valence-electron chi connectivity index (χ0n) is 13.0. The molecule has 0 spiro atoms. The number of ether oxygens (including phenoxy) is 1. The lowest BCUT2D eigenvalue weighted by Crippen LogP contribution is -2.31. The van der Waals surface area contributed by atoms with Crippen LogP contribution in [-0.2, 0) is 4.79 Å². The average molecular weight is 404 g/mol. The first-order chi connectivity index (χ1) is 11.8. The second-order valence-corrected chi connectivity index (χ2v) is 6.37. The molecule has 25 heavy (non-hydrogen) atoms. The monoisotopic (exact) mass is 402 g/mol. The molecule has 0 radical (unpaired) electrons. The van der Waals surface area contributed by atoms with Gasteiger partial charge in [0.25, 0.3) is 5.91 Å². The van der Waals surface area contributed by atoms with E-state index in [1.807, 2.05) is 0 Å². The van der Waals surface area contributed by atoms with E-state index in [-0.39, 0.29) is 29.1 Å². The lowest BCUT2D eigenvalue weighted by molar-refractivity contribution is -0.385. The summed E-state index contributed by atoms with van der Waals surface area (Å²) in [7, 11) is 0. The van der Waals surface area contributed by atoms with Crippen LogP contribution in [0.3, 0.4) is 0 Å². The Labute approximate surface area is 158 Å². The van der Waals surface area contributed by atoms with Gasteiger partial charge in [0.1, 0.15) is 0 Å². The molecule has 1 N–H and O–H groups in total. The lowest BCUT2D eigenvalue weighted by Gasteiger charge is -2.15. The van der Waals surface area contributed by atoms with Crippen LogP contribution in [0.15, 0.2) is 36.4 Å². The van der Waals surface area contributed by atoms with E-state index < -0.39 is 10.8 Å². The summed E-state index contributed by atoms with van der Waals surface area (Å²) >= 11 is 17.5. The van der Waals surface area contributed by atoms with Gasteiger partial charge in [-0.2, -0.15) is 0 Å². The van der Waals surface area contributed by atoms with Gasteiger partial charge in [-0.1, -0.05) is 40.9 Å². The van der Waals surface area contributed by atoms with Gasteiger partial charge in [-0.25, -0.2) is 0 Å². The van der Waals surface area contributed by atoms with Crippen molar-refractivity contribution >= 4 is 46.4 Å². The highest BCUT2D eigenvalue weighted by atomic mass is 35.5. The number of halogens is 3. The van der Waals surface area contributed by atoms with Gasteiger partial charge in [-0.05, 0) is 36.8 Å². The number of benzene rings is 2. The van der Waals surface area contributed by atoms with Crippen LogP contribution in [0.5, 0.6) is 5.75 Å². The minimum atomic E-state index is -0.628. The van der Waals surface area contributed by atoms with E-state index in [1.54, 1.807) is 25.1 Å². The van der Waals surface area contributed by atoms with Crippen molar-refractivity contribution < 1.29 is 14.5 Å². The predicted molar refractivity (Wildman–Crippen MR) is 96.6 cm³/mol. The molecule has 132 valence electrons. The maximum absolute atomic E-state index is 12.0. The molecular weight excluding hydrogens is 391 g/mol. The fraction of sp³-hybridized carbons (Fsp3) is 0.188. The second-order valence-electron chi connectivity index (χ2n) is 5.12. The van der Waals surface area contributed by atoms with Crippen molar-refractivity contribution in [2.45, 2.75) is 13.0 Å². The molecule has 0 aliphatic carbocycles. The molecule has 6 nitrogen and oxygen atoms in total. The molecule has 0 aliphatic rings. The van der Waals surface area contributed by atoms with E-state index in [9.17, 15) is 14.9 Å². The number of nitrogens with zero attached hydrogens (tertiary/aromatic N) is 1. The molecule has 0 bridgehead atoms. The number of nitro benzene ring substituents is 1. The minimum Gasteiger partial charge on any atom is -0.477 e. The van der Waals surface area contributed by atoms with Gasteiger partial charge in [-0.15, -0.1) is 0 Å². The molecular formula is C16H13Cl3N2O4. The molecule has 0 saturated heterocycles. The van der Waals surface area contributed by atoms with Crippen molar-refractivity contribution in [2.75, 3.05) is 6.61 Å². The molecule has 0 saturated carbocycles. The number of amides is 1. The van der Waals surface area contributed by atoms with Crippen molar-refractivity contribution in [3.63, 3.8) is 0 Å². The molecule has 1 atom stereocenters. The maximum Gasteiger partial charge on any atom is 0.312 e. The van der Waals surface area contributed by atoms with Crippen LogP contribution >= 0.6 is 34.8 Å². The number of nitro groups is 1. The number of hydrogen-bond donors (Lipinski definition) is 1. The fourth-order valence-electron chi connectivity index (χ4n) is 2.05. The van der Waals surface area contributed by atoms with E-state index in [4.69, 9.17) is 39.5 Å². The molecule has 9 heteroatoms. The molecule has 2 rings (SSSR count). The van der Waals surface area contributed by atoms with Crippen molar-refractivity contribution in [1.82, 2.24) is 5.32 Å². The van der Waals surface area contributed by atoms with E-state index >= 15 is 0 Å². The third kappa shape index (κ3) is 5.22. The Kier molecular flexibility index (Phi) is 6.47. The van der Waals surface area contributed by atoms with Gasteiger partial charge >= 0.3 is 5.69 Å². The molecule has 0 heterocycles. The van der Waals surface area contributed by atoms with Gasteiger partial charge in [0.05, 0.1) is 21.0 Å². The topological polar surface area (TPSA) is 81.5 Å². The summed E-state index contributed by atoms with van der Waals surface area (Å²) in [4.78, 5) is 22.4. The zero-order chi connectivity index (χ0) is 18.6. The van der Waals surface area contributed by atoms with Gasteiger partial charge in [-0.3, -0.25) is 14.9 Å². The summed E-state index contributed by atoms with van der Waals surface area (Å²) in [5, 5.41) is 14.7. The summed E-state index contributed by atoms with van der Waals surface area (Å²) in [5.74, 6) is -0.477. The van der Waals surface area contributed by atoms with E-state index in [0.29, 0.717) is 10.0 Å². The number of carbonyl (C=O) groups is 1. The third-order valence-corrected chi connectivity index (χ3v) is 4.27. The number of carbonyl (C=O) groups excluding carboxylic acids is 1. The summed E-state index contributed by atoms with van der Waals surface area (Å²) < 4.78 is 5.24. The predicted octanol–water partition coefficient (Wildman–Crippen LogP) is 4.81. The summed E-state index contributed by atoms with van der Waals surface area (Å²) in [6.45, 7) is 1.39. The lowest BCUT2D eigenvalue weighted by atomic mass is 10.1.